The van der Waals surface area contributed by atoms with Gasteiger partial charge >= 0.3 is 0 Å². The minimum absolute atomic E-state index is 0.363. The summed E-state index contributed by atoms with van der Waals surface area (Å²) in [5.74, 6) is 0. The summed E-state index contributed by atoms with van der Waals surface area (Å²) in [5, 5.41) is 3.46. The van der Waals surface area contributed by atoms with Crippen LogP contribution in [0.25, 0.3) is 5.69 Å². The Morgan fingerprint density at radius 2 is 2.17 bits per heavy atom. The predicted molar refractivity (Wildman–Crippen MR) is 74.8 cm³/mol. The third-order valence-corrected chi connectivity index (χ3v) is 2.99. The zero-order valence-electron chi connectivity index (χ0n) is 10.7. The van der Waals surface area contributed by atoms with Crippen LogP contribution in [0.5, 0.6) is 0 Å². The van der Waals surface area contributed by atoms with Gasteiger partial charge < -0.3 is 9.88 Å². The highest BCUT2D eigenvalue weighted by Crippen LogP contribution is 2.15. The molecule has 0 aliphatic rings. The molecule has 1 N–H and O–H groups in total. The third kappa shape index (κ3) is 3.08. The van der Waals surface area contributed by atoms with Gasteiger partial charge in [-0.25, -0.2) is 4.98 Å². The number of benzene rings is 1. The highest BCUT2D eigenvalue weighted by molar-refractivity contribution is 5.35. The van der Waals surface area contributed by atoms with Gasteiger partial charge in [0, 0.05) is 24.1 Å². The fourth-order valence-electron chi connectivity index (χ4n) is 1.87. The zero-order chi connectivity index (χ0) is 12.8. The molecule has 1 atom stereocenters. The third-order valence-electron chi connectivity index (χ3n) is 2.99. The van der Waals surface area contributed by atoms with E-state index in [9.17, 15) is 0 Å². The van der Waals surface area contributed by atoms with Gasteiger partial charge in [-0.3, -0.25) is 0 Å². The molecule has 1 unspecified atom stereocenters. The Bertz CT molecular complexity index is 471. The molecule has 0 saturated carbocycles. The Balaban J connectivity index is 2.01. The van der Waals surface area contributed by atoms with Crippen molar-refractivity contribution in [1.29, 1.82) is 0 Å². The minimum Gasteiger partial charge on any atom is -0.310 e. The van der Waals surface area contributed by atoms with Crippen molar-refractivity contribution in [2.24, 2.45) is 0 Å². The molecule has 0 aliphatic carbocycles. The molecule has 0 bridgehead atoms. The maximum Gasteiger partial charge on any atom is 0.0991 e. The van der Waals surface area contributed by atoms with Gasteiger partial charge in [-0.1, -0.05) is 18.2 Å². The molecule has 1 aromatic heterocycles. The van der Waals surface area contributed by atoms with E-state index in [2.05, 4.69) is 48.1 Å². The monoisotopic (exact) mass is 241 g/mol. The van der Waals surface area contributed by atoms with Crippen LogP contribution in [0.3, 0.4) is 0 Å². The maximum atomic E-state index is 4.05. The fourth-order valence-corrected chi connectivity index (χ4v) is 1.87. The summed E-state index contributed by atoms with van der Waals surface area (Å²) in [6.45, 7) is 6.86. The van der Waals surface area contributed by atoms with Gasteiger partial charge in [-0.15, -0.1) is 6.58 Å². The van der Waals surface area contributed by atoms with Crippen molar-refractivity contribution in [3.63, 3.8) is 0 Å². The van der Waals surface area contributed by atoms with Crippen molar-refractivity contribution in [3.05, 3.63) is 61.2 Å². The number of rotatable bonds is 6. The lowest BCUT2D eigenvalue weighted by atomic mass is 10.1. The predicted octanol–water partition coefficient (Wildman–Crippen LogP) is 3.10. The van der Waals surface area contributed by atoms with Gasteiger partial charge in [0.25, 0.3) is 0 Å². The first kappa shape index (κ1) is 12.6. The number of nitrogens with one attached hydrogen (secondary N) is 1. The van der Waals surface area contributed by atoms with E-state index in [1.54, 1.807) is 12.5 Å². The molecule has 94 valence electrons. The molecule has 2 aromatic rings. The Morgan fingerprint density at radius 3 is 2.78 bits per heavy atom. The summed E-state index contributed by atoms with van der Waals surface area (Å²) >= 11 is 0. The largest absolute Gasteiger partial charge is 0.310 e. The summed E-state index contributed by atoms with van der Waals surface area (Å²) in [7, 11) is 0. The van der Waals surface area contributed by atoms with Gasteiger partial charge in [0.1, 0.15) is 0 Å². The Hall–Kier alpha value is -1.87. The maximum absolute atomic E-state index is 4.05. The van der Waals surface area contributed by atoms with Crippen molar-refractivity contribution < 1.29 is 0 Å². The Labute approximate surface area is 108 Å². The summed E-state index contributed by atoms with van der Waals surface area (Å²) in [4.78, 5) is 4.05. The fraction of sp³-hybridized carbons (Fsp3) is 0.267. The lowest BCUT2D eigenvalue weighted by Crippen LogP contribution is -2.19. The quantitative estimate of drug-likeness (QED) is 0.622. The molecule has 1 aromatic carbocycles. The first-order chi connectivity index (χ1) is 8.81. The number of nitrogens with zero attached hydrogens (tertiary/aromatic N) is 2. The van der Waals surface area contributed by atoms with Crippen molar-refractivity contribution in [1.82, 2.24) is 14.9 Å². The van der Waals surface area contributed by atoms with E-state index >= 15 is 0 Å². The average molecular weight is 241 g/mol. The smallest absolute Gasteiger partial charge is 0.0991 e. The van der Waals surface area contributed by atoms with E-state index < -0.39 is 0 Å². The van der Waals surface area contributed by atoms with E-state index in [0.717, 1.165) is 18.7 Å². The average Bonchev–Trinajstić information content (AvgIpc) is 2.93. The first-order valence-corrected chi connectivity index (χ1v) is 6.24. The van der Waals surface area contributed by atoms with E-state index in [4.69, 9.17) is 0 Å². The van der Waals surface area contributed by atoms with Crippen molar-refractivity contribution in [2.45, 2.75) is 19.4 Å². The lowest BCUT2D eigenvalue weighted by molar-refractivity contribution is 0.581. The molecule has 1 heterocycles. The van der Waals surface area contributed by atoms with Gasteiger partial charge in [-0.2, -0.15) is 0 Å². The summed E-state index contributed by atoms with van der Waals surface area (Å²) in [5.41, 5.74) is 2.43. The topological polar surface area (TPSA) is 29.9 Å². The normalized spacial score (nSPS) is 12.3. The zero-order valence-corrected chi connectivity index (χ0v) is 10.7. The van der Waals surface area contributed by atoms with E-state index in [-0.39, 0.29) is 0 Å². The lowest BCUT2D eigenvalue weighted by Gasteiger charge is -2.14. The molecular weight excluding hydrogens is 222 g/mol. The molecule has 0 radical (unpaired) electrons. The standard InChI is InChI=1S/C15H19N3/c1-3-4-9-17-13(2)14-5-7-15(8-6-14)18-11-10-16-12-18/h3,5-8,10-13,17H,1,4,9H2,2H3. The molecule has 0 spiro atoms. The SMILES string of the molecule is C=CCCNC(C)c1ccc(-n2ccnc2)cc1. The number of imidazole rings is 1. The van der Waals surface area contributed by atoms with E-state index in [0.29, 0.717) is 6.04 Å². The van der Waals surface area contributed by atoms with Crippen molar-refractivity contribution in [2.75, 3.05) is 6.54 Å². The molecule has 2 rings (SSSR count). The van der Waals surface area contributed by atoms with Crippen LogP contribution in [0, 0.1) is 0 Å². The van der Waals surface area contributed by atoms with Crippen LogP contribution >= 0.6 is 0 Å². The second-order valence-corrected chi connectivity index (χ2v) is 4.31. The van der Waals surface area contributed by atoms with Gasteiger partial charge in [0.15, 0.2) is 0 Å². The molecule has 18 heavy (non-hydrogen) atoms. The summed E-state index contributed by atoms with van der Waals surface area (Å²) < 4.78 is 2.00. The molecule has 0 aliphatic heterocycles. The second-order valence-electron chi connectivity index (χ2n) is 4.31. The Kier molecular flexibility index (Phi) is 4.31. The molecule has 0 amide bonds. The first-order valence-electron chi connectivity index (χ1n) is 6.24. The number of aromatic nitrogens is 2. The molecule has 0 saturated heterocycles. The van der Waals surface area contributed by atoms with E-state index in [1.807, 2.05) is 16.8 Å². The highest BCUT2D eigenvalue weighted by Gasteiger charge is 2.04. The Morgan fingerprint density at radius 1 is 1.39 bits per heavy atom. The summed E-state index contributed by atoms with van der Waals surface area (Å²) in [6, 6.07) is 8.90. The van der Waals surface area contributed by atoms with Crippen LogP contribution in [0.15, 0.2) is 55.6 Å². The highest BCUT2D eigenvalue weighted by atomic mass is 15.0. The summed E-state index contributed by atoms with van der Waals surface area (Å²) in [6.07, 6.45) is 8.47. The van der Waals surface area contributed by atoms with Gasteiger partial charge in [0.2, 0.25) is 0 Å². The van der Waals surface area contributed by atoms with Crippen LogP contribution in [0.1, 0.15) is 24.9 Å². The van der Waals surface area contributed by atoms with Gasteiger partial charge in [0.05, 0.1) is 6.33 Å². The molecule has 3 heteroatoms. The minimum atomic E-state index is 0.363. The number of hydrogen-bond donors (Lipinski definition) is 1. The molecule has 0 fully saturated rings. The van der Waals surface area contributed by atoms with E-state index in [1.165, 1.54) is 5.56 Å². The van der Waals surface area contributed by atoms with Gasteiger partial charge in [-0.05, 0) is 37.6 Å². The molecule has 3 nitrogen and oxygen atoms in total. The second kappa shape index (κ2) is 6.17. The van der Waals surface area contributed by atoms with Crippen LogP contribution in [0.4, 0.5) is 0 Å². The van der Waals surface area contributed by atoms with Crippen molar-refractivity contribution in [3.8, 4) is 5.69 Å². The van der Waals surface area contributed by atoms with Crippen LogP contribution in [0.2, 0.25) is 0 Å². The van der Waals surface area contributed by atoms with Crippen LogP contribution < -0.4 is 5.32 Å². The number of hydrogen-bond acceptors (Lipinski definition) is 2. The van der Waals surface area contributed by atoms with Crippen LogP contribution in [-0.4, -0.2) is 16.1 Å². The molecular formula is C15H19N3. The van der Waals surface area contributed by atoms with Crippen molar-refractivity contribution >= 4 is 0 Å². The van der Waals surface area contributed by atoms with Crippen LogP contribution in [-0.2, 0) is 0 Å².